The van der Waals surface area contributed by atoms with Crippen molar-refractivity contribution in [2.45, 2.75) is 32.7 Å². The Hall–Kier alpha value is -1.40. The zero-order chi connectivity index (χ0) is 14.2. The fourth-order valence-electron chi connectivity index (χ4n) is 1.79. The zero-order valence-corrected chi connectivity index (χ0v) is 12.7. The van der Waals surface area contributed by atoms with Crippen LogP contribution in [0.4, 0.5) is 0 Å². The zero-order valence-electron chi connectivity index (χ0n) is 11.1. The third-order valence-corrected chi connectivity index (χ3v) is 3.22. The largest absolute Gasteiger partial charge is 0.507 e. The number of hydrogen-bond donors (Lipinski definition) is 2. The van der Waals surface area contributed by atoms with Gasteiger partial charge in [-0.3, -0.25) is 0 Å². The van der Waals surface area contributed by atoms with Crippen molar-refractivity contribution in [1.82, 2.24) is 10.1 Å². The summed E-state index contributed by atoms with van der Waals surface area (Å²) in [6, 6.07) is 3.65. The summed E-state index contributed by atoms with van der Waals surface area (Å²) >= 11 is 3.44. The van der Waals surface area contributed by atoms with Crippen molar-refractivity contribution < 1.29 is 9.63 Å². The number of aromatic hydroxyl groups is 1. The molecular formula is C13H16BrN3O2. The number of rotatable bonds is 2. The van der Waals surface area contributed by atoms with E-state index in [9.17, 15) is 5.11 Å². The third kappa shape index (κ3) is 2.79. The molecule has 0 unspecified atom stereocenters. The van der Waals surface area contributed by atoms with Crippen LogP contribution in [0.3, 0.4) is 0 Å². The van der Waals surface area contributed by atoms with Gasteiger partial charge >= 0.3 is 0 Å². The second-order valence-electron chi connectivity index (χ2n) is 5.32. The summed E-state index contributed by atoms with van der Waals surface area (Å²) in [5, 5.41) is 14.2. The molecule has 0 fully saturated rings. The molecule has 0 saturated heterocycles. The Labute approximate surface area is 119 Å². The van der Waals surface area contributed by atoms with E-state index >= 15 is 0 Å². The molecule has 0 amide bonds. The van der Waals surface area contributed by atoms with Gasteiger partial charge in [0.15, 0.2) is 0 Å². The van der Waals surface area contributed by atoms with E-state index in [0.29, 0.717) is 17.3 Å². The average Bonchev–Trinajstić information content (AvgIpc) is 2.78. The van der Waals surface area contributed by atoms with E-state index in [1.165, 1.54) is 0 Å². The first-order chi connectivity index (χ1) is 8.82. The summed E-state index contributed by atoms with van der Waals surface area (Å²) in [6.45, 7) is 6.26. The summed E-state index contributed by atoms with van der Waals surface area (Å²) in [5.41, 5.74) is 6.59. The fraction of sp³-hybridized carbons (Fsp3) is 0.385. The van der Waals surface area contributed by atoms with E-state index < -0.39 is 0 Å². The average molecular weight is 326 g/mol. The highest BCUT2D eigenvalue weighted by molar-refractivity contribution is 9.10. The van der Waals surface area contributed by atoms with Gasteiger partial charge in [-0.1, -0.05) is 41.9 Å². The number of phenols is 1. The van der Waals surface area contributed by atoms with Gasteiger partial charge < -0.3 is 15.4 Å². The molecule has 1 aromatic carbocycles. The molecule has 2 aromatic rings. The molecule has 2 rings (SSSR count). The van der Waals surface area contributed by atoms with Crippen molar-refractivity contribution in [2.24, 2.45) is 5.73 Å². The predicted octanol–water partition coefficient (Wildman–Crippen LogP) is 2.96. The number of nitrogens with two attached hydrogens (primary N) is 1. The molecule has 0 aliphatic carbocycles. The molecule has 1 heterocycles. The second-order valence-corrected chi connectivity index (χ2v) is 6.23. The van der Waals surface area contributed by atoms with Crippen LogP contribution in [0.25, 0.3) is 11.4 Å². The van der Waals surface area contributed by atoms with Crippen molar-refractivity contribution in [3.8, 4) is 17.1 Å². The first kappa shape index (κ1) is 14.0. The van der Waals surface area contributed by atoms with Gasteiger partial charge in [0.2, 0.25) is 11.7 Å². The van der Waals surface area contributed by atoms with Gasteiger partial charge in [-0.2, -0.15) is 4.98 Å². The monoisotopic (exact) mass is 325 g/mol. The van der Waals surface area contributed by atoms with Crippen LogP contribution in [0.15, 0.2) is 21.1 Å². The molecule has 0 atom stereocenters. The van der Waals surface area contributed by atoms with Crippen molar-refractivity contribution in [2.75, 3.05) is 0 Å². The molecule has 102 valence electrons. The Morgan fingerprint density at radius 1 is 1.37 bits per heavy atom. The molecule has 5 nitrogen and oxygen atoms in total. The van der Waals surface area contributed by atoms with Crippen LogP contribution in [0.2, 0.25) is 0 Å². The Morgan fingerprint density at radius 3 is 2.58 bits per heavy atom. The Kier molecular flexibility index (Phi) is 3.64. The molecule has 0 aliphatic heterocycles. The van der Waals surface area contributed by atoms with E-state index in [0.717, 1.165) is 10.0 Å². The minimum atomic E-state index is -0.191. The van der Waals surface area contributed by atoms with Gasteiger partial charge in [-0.25, -0.2) is 0 Å². The minimum Gasteiger partial charge on any atom is -0.507 e. The maximum absolute atomic E-state index is 10.4. The lowest BCUT2D eigenvalue weighted by Gasteiger charge is -2.21. The van der Waals surface area contributed by atoms with E-state index in [1.807, 2.05) is 26.8 Å². The molecule has 3 N–H and O–H groups in total. The number of phenolic OH excluding ortho intramolecular Hbond substituents is 1. The van der Waals surface area contributed by atoms with Gasteiger partial charge in [-0.05, 0) is 17.5 Å². The highest BCUT2D eigenvalue weighted by Crippen LogP contribution is 2.39. The molecule has 0 spiro atoms. The first-order valence-corrected chi connectivity index (χ1v) is 6.68. The van der Waals surface area contributed by atoms with Crippen LogP contribution in [-0.2, 0) is 12.0 Å². The topological polar surface area (TPSA) is 85.2 Å². The van der Waals surface area contributed by atoms with Gasteiger partial charge in [-0.15, -0.1) is 0 Å². The molecule has 1 aromatic heterocycles. The molecule has 0 bridgehead atoms. The van der Waals surface area contributed by atoms with Gasteiger partial charge in [0, 0.05) is 10.0 Å². The smallest absolute Gasteiger partial charge is 0.240 e. The maximum Gasteiger partial charge on any atom is 0.240 e. The Morgan fingerprint density at radius 2 is 2.05 bits per heavy atom. The highest BCUT2D eigenvalue weighted by Gasteiger charge is 2.23. The van der Waals surface area contributed by atoms with E-state index in [1.54, 1.807) is 6.07 Å². The van der Waals surface area contributed by atoms with Crippen LogP contribution in [-0.4, -0.2) is 15.2 Å². The standard InChI is InChI=1S/C13H16BrN3O2/c1-13(2,3)9-5-7(14)4-8(11(9)18)12-16-10(6-15)19-17-12/h4-5,18H,6,15H2,1-3H3. The SMILES string of the molecule is CC(C)(C)c1cc(Br)cc(-c2noc(CN)n2)c1O. The summed E-state index contributed by atoms with van der Waals surface area (Å²) in [4.78, 5) is 4.14. The summed E-state index contributed by atoms with van der Waals surface area (Å²) in [5.74, 6) is 0.844. The van der Waals surface area contributed by atoms with Crippen LogP contribution < -0.4 is 5.73 Å². The fourth-order valence-corrected chi connectivity index (χ4v) is 2.25. The Balaban J connectivity index is 2.61. The number of benzene rings is 1. The molecular weight excluding hydrogens is 310 g/mol. The van der Waals surface area contributed by atoms with Crippen LogP contribution in [0, 0.1) is 0 Å². The molecule has 6 heteroatoms. The van der Waals surface area contributed by atoms with Gasteiger partial charge in [0.1, 0.15) is 5.75 Å². The van der Waals surface area contributed by atoms with Crippen LogP contribution >= 0.6 is 15.9 Å². The number of aromatic nitrogens is 2. The van der Waals surface area contributed by atoms with Crippen molar-refractivity contribution in [3.05, 3.63) is 28.1 Å². The molecule has 0 radical (unpaired) electrons. The molecule has 0 aliphatic rings. The van der Waals surface area contributed by atoms with E-state index in [-0.39, 0.29) is 17.7 Å². The summed E-state index contributed by atoms with van der Waals surface area (Å²) < 4.78 is 5.83. The normalized spacial score (nSPS) is 11.8. The Bertz CT molecular complexity index is 602. The van der Waals surface area contributed by atoms with Crippen molar-refractivity contribution >= 4 is 15.9 Å². The summed E-state index contributed by atoms with van der Waals surface area (Å²) in [7, 11) is 0. The van der Waals surface area contributed by atoms with Crippen molar-refractivity contribution in [3.63, 3.8) is 0 Å². The van der Waals surface area contributed by atoms with Gasteiger partial charge in [0.05, 0.1) is 12.1 Å². The number of nitrogens with zero attached hydrogens (tertiary/aromatic N) is 2. The lowest BCUT2D eigenvalue weighted by atomic mass is 9.85. The molecule has 19 heavy (non-hydrogen) atoms. The van der Waals surface area contributed by atoms with E-state index in [4.69, 9.17) is 10.3 Å². The highest BCUT2D eigenvalue weighted by atomic mass is 79.9. The lowest BCUT2D eigenvalue weighted by Crippen LogP contribution is -2.11. The second kappa shape index (κ2) is 4.94. The predicted molar refractivity (Wildman–Crippen MR) is 75.7 cm³/mol. The van der Waals surface area contributed by atoms with Crippen LogP contribution in [0.5, 0.6) is 5.75 Å². The third-order valence-electron chi connectivity index (χ3n) is 2.77. The van der Waals surface area contributed by atoms with Crippen LogP contribution in [0.1, 0.15) is 32.2 Å². The minimum absolute atomic E-state index is 0.167. The number of halogens is 1. The maximum atomic E-state index is 10.4. The van der Waals surface area contributed by atoms with E-state index in [2.05, 4.69) is 26.1 Å². The molecule has 0 saturated carbocycles. The number of hydrogen-bond acceptors (Lipinski definition) is 5. The summed E-state index contributed by atoms with van der Waals surface area (Å²) in [6.07, 6.45) is 0. The van der Waals surface area contributed by atoms with Crippen molar-refractivity contribution in [1.29, 1.82) is 0 Å². The lowest BCUT2D eigenvalue weighted by molar-refractivity contribution is 0.380. The quantitative estimate of drug-likeness (QED) is 0.886. The van der Waals surface area contributed by atoms with Gasteiger partial charge in [0.25, 0.3) is 0 Å². The first-order valence-electron chi connectivity index (χ1n) is 5.89.